The van der Waals surface area contributed by atoms with Gasteiger partial charge in [-0.05, 0) is 32.9 Å². The highest BCUT2D eigenvalue weighted by Crippen LogP contribution is 2.12. The molecule has 2 amide bonds. The number of hydrogen-bond acceptors (Lipinski definition) is 7. The summed E-state index contributed by atoms with van der Waals surface area (Å²) in [7, 11) is -0.913. The van der Waals surface area contributed by atoms with Gasteiger partial charge in [0, 0.05) is 18.5 Å². The Labute approximate surface area is 147 Å². The third-order valence-electron chi connectivity index (χ3n) is 3.22. The zero-order valence-corrected chi connectivity index (χ0v) is 15.5. The number of carbonyl (C=O) groups is 2. The molecular formula is C15H21N3O4S2. The molecule has 0 fully saturated rings. The van der Waals surface area contributed by atoms with Crippen molar-refractivity contribution >= 4 is 33.6 Å². The molecule has 0 radical (unpaired) electrons. The highest BCUT2D eigenvalue weighted by Gasteiger charge is 2.22. The Morgan fingerprint density at radius 3 is 2.46 bits per heavy atom. The molecule has 0 aliphatic rings. The summed E-state index contributed by atoms with van der Waals surface area (Å²) in [5.74, 6) is -0.331. The highest BCUT2D eigenvalue weighted by molar-refractivity contribution is 8.11. The van der Waals surface area contributed by atoms with E-state index >= 15 is 0 Å². The van der Waals surface area contributed by atoms with Crippen LogP contribution in [0, 0.1) is 6.92 Å². The van der Waals surface area contributed by atoms with Crippen molar-refractivity contribution in [3.05, 3.63) is 35.4 Å². The van der Waals surface area contributed by atoms with Gasteiger partial charge in [-0.2, -0.15) is 12.8 Å². The lowest BCUT2D eigenvalue weighted by Gasteiger charge is -2.20. The SMILES string of the molecule is CNSC(=O)N(CCC(C)N=S(=O)=O)C(=O)Cc1ccc(C)cc1. The third-order valence-corrected chi connectivity index (χ3v) is 4.35. The lowest BCUT2D eigenvalue weighted by Crippen LogP contribution is -2.38. The molecule has 132 valence electrons. The van der Waals surface area contributed by atoms with Crippen LogP contribution in [0.3, 0.4) is 0 Å². The molecular weight excluding hydrogens is 350 g/mol. The van der Waals surface area contributed by atoms with Crippen molar-refractivity contribution < 1.29 is 18.0 Å². The predicted octanol–water partition coefficient (Wildman–Crippen LogP) is 2.20. The van der Waals surface area contributed by atoms with Crippen LogP contribution >= 0.6 is 11.9 Å². The van der Waals surface area contributed by atoms with Crippen LogP contribution in [-0.2, 0) is 21.7 Å². The molecule has 0 aliphatic heterocycles. The van der Waals surface area contributed by atoms with E-state index in [0.717, 1.165) is 28.0 Å². The number of aryl methyl sites for hydroxylation is 1. The Kier molecular flexibility index (Phi) is 8.66. The second kappa shape index (κ2) is 10.2. The fourth-order valence-electron chi connectivity index (χ4n) is 1.95. The van der Waals surface area contributed by atoms with Crippen LogP contribution in [0.4, 0.5) is 4.79 Å². The van der Waals surface area contributed by atoms with E-state index in [9.17, 15) is 18.0 Å². The molecule has 24 heavy (non-hydrogen) atoms. The zero-order valence-electron chi connectivity index (χ0n) is 13.9. The van der Waals surface area contributed by atoms with Crippen molar-refractivity contribution in [2.24, 2.45) is 4.36 Å². The first-order chi connectivity index (χ1) is 11.3. The number of carbonyl (C=O) groups excluding carboxylic acids is 2. The van der Waals surface area contributed by atoms with Gasteiger partial charge in [0.2, 0.25) is 5.91 Å². The molecule has 0 spiro atoms. The minimum absolute atomic E-state index is 0.106. The summed E-state index contributed by atoms with van der Waals surface area (Å²) in [5.41, 5.74) is 1.90. The number of amides is 2. The van der Waals surface area contributed by atoms with Crippen LogP contribution in [0.1, 0.15) is 24.5 Å². The molecule has 0 aromatic heterocycles. The van der Waals surface area contributed by atoms with Crippen molar-refractivity contribution in [2.45, 2.75) is 32.7 Å². The molecule has 1 aromatic carbocycles. The Hall–Kier alpha value is -1.71. The molecule has 0 saturated heterocycles. The number of nitrogens with zero attached hydrogens (tertiary/aromatic N) is 2. The number of hydrogen-bond donors (Lipinski definition) is 1. The van der Waals surface area contributed by atoms with E-state index in [1.54, 1.807) is 14.0 Å². The molecule has 1 N–H and O–H groups in total. The van der Waals surface area contributed by atoms with E-state index in [1.807, 2.05) is 31.2 Å². The normalized spacial score (nSPS) is 11.6. The van der Waals surface area contributed by atoms with Crippen LogP contribution in [0.2, 0.25) is 0 Å². The van der Waals surface area contributed by atoms with Crippen molar-refractivity contribution in [1.82, 2.24) is 9.62 Å². The first kappa shape index (κ1) is 20.3. The van der Waals surface area contributed by atoms with Gasteiger partial charge in [-0.1, -0.05) is 29.8 Å². The summed E-state index contributed by atoms with van der Waals surface area (Å²) in [4.78, 5) is 25.7. The number of benzene rings is 1. The summed E-state index contributed by atoms with van der Waals surface area (Å²) in [6.07, 6.45) is 0.388. The van der Waals surface area contributed by atoms with Gasteiger partial charge in [-0.15, -0.1) is 0 Å². The number of nitrogens with one attached hydrogen (secondary N) is 1. The molecule has 0 bridgehead atoms. The van der Waals surface area contributed by atoms with Crippen LogP contribution in [-0.4, -0.2) is 44.1 Å². The van der Waals surface area contributed by atoms with Crippen LogP contribution in [0.15, 0.2) is 28.6 Å². The summed E-state index contributed by atoms with van der Waals surface area (Å²) in [6.45, 7) is 3.68. The summed E-state index contributed by atoms with van der Waals surface area (Å²) < 4.78 is 27.2. The van der Waals surface area contributed by atoms with Gasteiger partial charge in [-0.3, -0.25) is 19.2 Å². The maximum absolute atomic E-state index is 12.5. The van der Waals surface area contributed by atoms with E-state index in [4.69, 9.17) is 0 Å². The lowest BCUT2D eigenvalue weighted by atomic mass is 10.1. The minimum Gasteiger partial charge on any atom is -0.274 e. The smallest absolute Gasteiger partial charge is 0.274 e. The fraction of sp³-hybridized carbons (Fsp3) is 0.467. The quantitative estimate of drug-likeness (QED) is 0.738. The maximum atomic E-state index is 12.5. The van der Waals surface area contributed by atoms with E-state index in [0.29, 0.717) is 0 Å². The first-order valence-electron chi connectivity index (χ1n) is 7.37. The maximum Gasteiger partial charge on any atom is 0.311 e. The molecule has 0 heterocycles. The number of rotatable bonds is 7. The number of imide groups is 1. The predicted molar refractivity (Wildman–Crippen MR) is 94.1 cm³/mol. The molecule has 0 saturated carbocycles. The van der Waals surface area contributed by atoms with Gasteiger partial charge in [-0.25, -0.2) is 0 Å². The molecule has 1 rings (SSSR count). The summed E-state index contributed by atoms with van der Waals surface area (Å²) >= 11 is 0.810. The monoisotopic (exact) mass is 371 g/mol. The second-order valence-electron chi connectivity index (χ2n) is 5.24. The topological polar surface area (TPSA) is 95.9 Å². The van der Waals surface area contributed by atoms with E-state index in [1.165, 1.54) is 0 Å². The molecule has 7 nitrogen and oxygen atoms in total. The average Bonchev–Trinajstić information content (AvgIpc) is 2.49. The van der Waals surface area contributed by atoms with Gasteiger partial charge in [0.15, 0.2) is 0 Å². The first-order valence-corrected chi connectivity index (χ1v) is 9.22. The van der Waals surface area contributed by atoms with Crippen LogP contribution in [0.25, 0.3) is 0 Å². The molecule has 0 aliphatic carbocycles. The van der Waals surface area contributed by atoms with Gasteiger partial charge in [0.05, 0.1) is 12.5 Å². The molecule has 9 heteroatoms. The van der Waals surface area contributed by atoms with Crippen LogP contribution in [0.5, 0.6) is 0 Å². The lowest BCUT2D eigenvalue weighted by molar-refractivity contribution is -0.127. The van der Waals surface area contributed by atoms with Crippen molar-refractivity contribution in [1.29, 1.82) is 0 Å². The molecule has 1 aromatic rings. The Morgan fingerprint density at radius 1 is 1.29 bits per heavy atom. The van der Waals surface area contributed by atoms with Gasteiger partial charge in [0.1, 0.15) is 0 Å². The Morgan fingerprint density at radius 2 is 1.92 bits per heavy atom. The van der Waals surface area contributed by atoms with Crippen LogP contribution < -0.4 is 4.72 Å². The van der Waals surface area contributed by atoms with E-state index in [-0.39, 0.29) is 25.3 Å². The Bertz CT molecular complexity index is 694. The standard InChI is InChI=1S/C15H21N3O4S2/c1-11-4-6-13(7-5-11)10-14(19)18(15(20)23-16-3)9-8-12(2)17-24(21)22/h4-7,12,16H,8-10H2,1-3H3. The molecule has 1 unspecified atom stereocenters. The van der Waals surface area contributed by atoms with Gasteiger partial charge in [0.25, 0.3) is 0 Å². The zero-order chi connectivity index (χ0) is 18.1. The molecule has 1 atom stereocenters. The third kappa shape index (κ3) is 7.24. The second-order valence-corrected chi connectivity index (χ2v) is 6.85. The van der Waals surface area contributed by atoms with Gasteiger partial charge < -0.3 is 0 Å². The summed E-state index contributed by atoms with van der Waals surface area (Å²) in [6, 6.07) is 7.01. The van der Waals surface area contributed by atoms with Gasteiger partial charge >= 0.3 is 15.7 Å². The highest BCUT2D eigenvalue weighted by atomic mass is 32.2. The Balaban J connectivity index is 2.80. The average molecular weight is 371 g/mol. The largest absolute Gasteiger partial charge is 0.311 e. The van der Waals surface area contributed by atoms with Crippen molar-refractivity contribution in [3.8, 4) is 0 Å². The van der Waals surface area contributed by atoms with E-state index < -0.39 is 21.8 Å². The van der Waals surface area contributed by atoms with Crippen molar-refractivity contribution in [3.63, 3.8) is 0 Å². The van der Waals surface area contributed by atoms with E-state index in [2.05, 4.69) is 9.08 Å². The summed E-state index contributed by atoms with van der Waals surface area (Å²) in [5, 5.41) is -0.426. The van der Waals surface area contributed by atoms with Crippen molar-refractivity contribution in [2.75, 3.05) is 13.6 Å². The minimum atomic E-state index is -2.50. The fourth-order valence-corrected chi connectivity index (χ4v) is 2.83.